The molecule has 6 nitrogen and oxygen atoms in total. The number of pyridine rings is 1. The first-order valence-electron chi connectivity index (χ1n) is 6.72. The number of rotatable bonds is 2. The fourth-order valence-electron chi connectivity index (χ4n) is 2.62. The van der Waals surface area contributed by atoms with Gasteiger partial charge in [0.2, 0.25) is 0 Å². The van der Waals surface area contributed by atoms with Gasteiger partial charge in [-0.2, -0.15) is 5.10 Å². The molecule has 3 heterocycles. The quantitative estimate of drug-likeness (QED) is 0.668. The van der Waals surface area contributed by atoms with Crippen molar-refractivity contribution in [3.8, 4) is 0 Å². The average Bonchev–Trinajstić information content (AvgIpc) is 3.14. The lowest BCUT2D eigenvalue weighted by Crippen LogP contribution is -2.12. The van der Waals surface area contributed by atoms with Crippen molar-refractivity contribution in [3.05, 3.63) is 53.5 Å². The summed E-state index contributed by atoms with van der Waals surface area (Å²) in [6.07, 6.45) is 4.85. The van der Waals surface area contributed by atoms with Crippen molar-refractivity contribution >= 4 is 22.5 Å². The highest BCUT2D eigenvalue weighted by atomic mass is 16.1. The molecule has 1 aliphatic rings. The Balaban J connectivity index is 1.65. The first-order chi connectivity index (χ1) is 10.3. The second kappa shape index (κ2) is 4.68. The van der Waals surface area contributed by atoms with Crippen LogP contribution in [0.3, 0.4) is 0 Å². The second-order valence-electron chi connectivity index (χ2n) is 5.06. The lowest BCUT2D eigenvalue weighted by Gasteiger charge is -2.07. The van der Waals surface area contributed by atoms with Gasteiger partial charge in [-0.05, 0) is 23.3 Å². The number of carbonyl (C=O) groups excluding carboxylic acids is 1. The van der Waals surface area contributed by atoms with E-state index in [4.69, 9.17) is 0 Å². The van der Waals surface area contributed by atoms with E-state index in [0.29, 0.717) is 5.56 Å². The second-order valence-corrected chi connectivity index (χ2v) is 5.06. The van der Waals surface area contributed by atoms with Gasteiger partial charge in [-0.25, -0.2) is 0 Å². The zero-order valence-electron chi connectivity index (χ0n) is 11.2. The molecular formula is C15H13N5O. The van der Waals surface area contributed by atoms with E-state index in [1.54, 1.807) is 18.6 Å². The maximum absolute atomic E-state index is 12.4. The summed E-state index contributed by atoms with van der Waals surface area (Å²) < 4.78 is 0. The summed E-state index contributed by atoms with van der Waals surface area (Å²) in [6, 6.07) is 5.98. The van der Waals surface area contributed by atoms with Gasteiger partial charge in [0.15, 0.2) is 0 Å². The Morgan fingerprint density at radius 2 is 2.05 bits per heavy atom. The van der Waals surface area contributed by atoms with Crippen molar-refractivity contribution in [2.45, 2.75) is 13.1 Å². The Kier molecular flexibility index (Phi) is 2.68. The maximum atomic E-state index is 12.4. The topological polar surface area (TPSA) is 82.7 Å². The first-order valence-corrected chi connectivity index (χ1v) is 6.72. The number of aromatic nitrogens is 3. The summed E-state index contributed by atoms with van der Waals surface area (Å²) in [6.45, 7) is 1.74. The largest absolute Gasteiger partial charge is 0.322 e. The standard InChI is InChI=1S/C15H13N5O/c21-15(13-6-17-8-14-12(13)7-18-20-14)19-11-2-1-9-4-16-5-10(9)3-11/h1-3,6-8,16H,4-5H2,(H,18,20)(H,19,21). The number of fused-ring (bicyclic) bond motifs is 2. The van der Waals surface area contributed by atoms with E-state index < -0.39 is 0 Å². The molecule has 0 saturated heterocycles. The number of aromatic amines is 1. The molecule has 1 aromatic carbocycles. The van der Waals surface area contributed by atoms with Crippen molar-refractivity contribution in [1.82, 2.24) is 20.5 Å². The Morgan fingerprint density at radius 1 is 1.14 bits per heavy atom. The normalized spacial score (nSPS) is 13.3. The zero-order valence-corrected chi connectivity index (χ0v) is 11.2. The van der Waals surface area contributed by atoms with Gasteiger partial charge in [0, 0.05) is 30.4 Å². The number of H-pyrrole nitrogens is 1. The van der Waals surface area contributed by atoms with Crippen LogP contribution in [-0.2, 0) is 13.1 Å². The van der Waals surface area contributed by atoms with Crippen LogP contribution in [0, 0.1) is 0 Å². The van der Waals surface area contributed by atoms with E-state index in [1.165, 1.54) is 11.1 Å². The number of benzene rings is 1. The molecule has 21 heavy (non-hydrogen) atoms. The molecule has 0 fully saturated rings. The monoisotopic (exact) mass is 279 g/mol. The minimum Gasteiger partial charge on any atom is -0.322 e. The van der Waals surface area contributed by atoms with Crippen molar-refractivity contribution in [2.75, 3.05) is 5.32 Å². The van der Waals surface area contributed by atoms with E-state index in [-0.39, 0.29) is 5.91 Å². The van der Waals surface area contributed by atoms with Gasteiger partial charge in [-0.1, -0.05) is 6.07 Å². The number of carbonyl (C=O) groups is 1. The highest BCUT2D eigenvalue weighted by molar-refractivity contribution is 6.11. The third-order valence-electron chi connectivity index (χ3n) is 3.71. The van der Waals surface area contributed by atoms with Crippen LogP contribution in [0.15, 0.2) is 36.8 Å². The third-order valence-corrected chi connectivity index (χ3v) is 3.71. The predicted octanol–water partition coefficient (Wildman–Crippen LogP) is 1.81. The Hall–Kier alpha value is -2.73. The number of nitrogens with zero attached hydrogens (tertiary/aromatic N) is 2. The van der Waals surface area contributed by atoms with Crippen LogP contribution in [0.25, 0.3) is 10.9 Å². The van der Waals surface area contributed by atoms with E-state index in [1.807, 2.05) is 18.2 Å². The molecule has 1 amide bonds. The van der Waals surface area contributed by atoms with Gasteiger partial charge in [-0.15, -0.1) is 0 Å². The molecule has 0 aliphatic carbocycles. The van der Waals surface area contributed by atoms with Crippen LogP contribution in [0.4, 0.5) is 5.69 Å². The number of amides is 1. The Labute approximate surface area is 120 Å². The Bertz CT molecular complexity index is 839. The summed E-state index contributed by atoms with van der Waals surface area (Å²) in [5, 5.41) is 13.7. The number of hydrogen-bond donors (Lipinski definition) is 3. The molecule has 0 saturated carbocycles. The SMILES string of the molecule is O=C(Nc1ccc2c(c1)CNC2)c1cncc2[nH]ncc12. The smallest absolute Gasteiger partial charge is 0.257 e. The van der Waals surface area contributed by atoms with Crippen molar-refractivity contribution < 1.29 is 4.79 Å². The fraction of sp³-hybridized carbons (Fsp3) is 0.133. The molecule has 0 unspecified atom stereocenters. The number of nitrogens with one attached hydrogen (secondary N) is 3. The van der Waals surface area contributed by atoms with E-state index in [9.17, 15) is 4.79 Å². The van der Waals surface area contributed by atoms with Crippen molar-refractivity contribution in [1.29, 1.82) is 0 Å². The van der Waals surface area contributed by atoms with Gasteiger partial charge in [0.25, 0.3) is 5.91 Å². The van der Waals surface area contributed by atoms with Crippen LogP contribution in [-0.4, -0.2) is 21.1 Å². The van der Waals surface area contributed by atoms with E-state index in [2.05, 4.69) is 25.8 Å². The maximum Gasteiger partial charge on any atom is 0.257 e. The number of anilines is 1. The van der Waals surface area contributed by atoms with Crippen molar-refractivity contribution in [2.24, 2.45) is 0 Å². The molecule has 3 aromatic rings. The van der Waals surface area contributed by atoms with Gasteiger partial charge in [0.05, 0.1) is 23.5 Å². The van der Waals surface area contributed by atoms with Crippen LogP contribution in [0.5, 0.6) is 0 Å². The van der Waals surface area contributed by atoms with Crippen LogP contribution >= 0.6 is 0 Å². The Morgan fingerprint density at radius 3 is 3.00 bits per heavy atom. The van der Waals surface area contributed by atoms with Crippen molar-refractivity contribution in [3.63, 3.8) is 0 Å². The molecule has 0 radical (unpaired) electrons. The van der Waals surface area contributed by atoms with Gasteiger partial charge in [-0.3, -0.25) is 14.9 Å². The summed E-state index contributed by atoms with van der Waals surface area (Å²) in [5.74, 6) is -0.180. The first kappa shape index (κ1) is 12.0. The molecule has 0 bridgehead atoms. The number of hydrogen-bond acceptors (Lipinski definition) is 4. The van der Waals surface area contributed by atoms with Crippen LogP contribution in [0.1, 0.15) is 21.5 Å². The highest BCUT2D eigenvalue weighted by Gasteiger charge is 2.14. The minimum atomic E-state index is -0.180. The average molecular weight is 279 g/mol. The van der Waals surface area contributed by atoms with Gasteiger partial charge >= 0.3 is 0 Å². The molecular weight excluding hydrogens is 266 g/mol. The van der Waals surface area contributed by atoms with E-state index in [0.717, 1.165) is 29.7 Å². The molecule has 0 atom stereocenters. The molecule has 104 valence electrons. The third kappa shape index (κ3) is 2.05. The van der Waals surface area contributed by atoms with E-state index >= 15 is 0 Å². The molecule has 2 aromatic heterocycles. The molecule has 3 N–H and O–H groups in total. The summed E-state index contributed by atoms with van der Waals surface area (Å²) in [7, 11) is 0. The lowest BCUT2D eigenvalue weighted by atomic mass is 10.1. The zero-order chi connectivity index (χ0) is 14.2. The highest BCUT2D eigenvalue weighted by Crippen LogP contribution is 2.21. The van der Waals surface area contributed by atoms with Gasteiger partial charge in [0.1, 0.15) is 0 Å². The molecule has 4 rings (SSSR count). The van der Waals surface area contributed by atoms with Gasteiger partial charge < -0.3 is 10.6 Å². The summed E-state index contributed by atoms with van der Waals surface area (Å²) in [4.78, 5) is 16.5. The van der Waals surface area contributed by atoms with Crippen LogP contribution in [0.2, 0.25) is 0 Å². The summed E-state index contributed by atoms with van der Waals surface area (Å²) >= 11 is 0. The molecule has 1 aliphatic heterocycles. The lowest BCUT2D eigenvalue weighted by molar-refractivity contribution is 0.102. The summed E-state index contributed by atoms with van der Waals surface area (Å²) in [5.41, 5.74) is 4.57. The molecule has 0 spiro atoms. The minimum absolute atomic E-state index is 0.180. The molecule has 6 heteroatoms. The fourth-order valence-corrected chi connectivity index (χ4v) is 2.62. The van der Waals surface area contributed by atoms with Crippen LogP contribution < -0.4 is 10.6 Å². The predicted molar refractivity (Wildman–Crippen MR) is 78.8 cm³/mol.